The Labute approximate surface area is 186 Å². The lowest BCUT2D eigenvalue weighted by molar-refractivity contribution is -0.133. The normalized spacial score (nSPS) is 10.5. The number of hydrogen-bond donors (Lipinski definition) is 0. The lowest BCUT2D eigenvalue weighted by atomic mass is 10.2. The van der Waals surface area contributed by atoms with E-state index in [0.29, 0.717) is 18.7 Å². The number of halogens is 1. The van der Waals surface area contributed by atoms with E-state index in [2.05, 4.69) is 6.58 Å². The number of aryl methyl sites for hydroxylation is 1. The van der Waals surface area contributed by atoms with Gasteiger partial charge in [0.2, 0.25) is 5.91 Å². The Morgan fingerprint density at radius 2 is 1.68 bits per heavy atom. The standard InChI is InChI=1S/C25H25FN2O2S/c1-3-15-27(25(30)21-10-12-22(26)13-11-21)18-24(29)28(16-20-7-5-4-6-8-20)17-23-14-9-19(2)31-23/h3-14H,1,15-18H2,2H3. The molecule has 1 heterocycles. The molecular weight excluding hydrogens is 411 g/mol. The van der Waals surface area contributed by atoms with E-state index in [1.165, 1.54) is 34.0 Å². The zero-order chi connectivity index (χ0) is 22.2. The lowest BCUT2D eigenvalue weighted by Crippen LogP contribution is -2.42. The van der Waals surface area contributed by atoms with Gasteiger partial charge in [0, 0.05) is 28.4 Å². The average molecular weight is 437 g/mol. The highest BCUT2D eigenvalue weighted by atomic mass is 32.1. The van der Waals surface area contributed by atoms with Crippen LogP contribution >= 0.6 is 11.3 Å². The van der Waals surface area contributed by atoms with Gasteiger partial charge in [0.1, 0.15) is 12.4 Å². The van der Waals surface area contributed by atoms with Crippen molar-refractivity contribution in [1.29, 1.82) is 0 Å². The molecule has 6 heteroatoms. The maximum atomic E-state index is 13.3. The van der Waals surface area contributed by atoms with Crippen LogP contribution in [0.3, 0.4) is 0 Å². The molecular formula is C25H25FN2O2S. The Hall–Kier alpha value is -3.25. The van der Waals surface area contributed by atoms with Gasteiger partial charge in [-0.05, 0) is 48.9 Å². The van der Waals surface area contributed by atoms with E-state index < -0.39 is 5.82 Å². The van der Waals surface area contributed by atoms with E-state index in [4.69, 9.17) is 0 Å². The molecule has 0 N–H and O–H groups in total. The topological polar surface area (TPSA) is 40.6 Å². The van der Waals surface area contributed by atoms with Crippen LogP contribution < -0.4 is 0 Å². The molecule has 1 aromatic heterocycles. The molecule has 0 spiro atoms. The third-order valence-corrected chi connectivity index (χ3v) is 5.75. The molecule has 0 fully saturated rings. The van der Waals surface area contributed by atoms with Crippen molar-refractivity contribution in [3.8, 4) is 0 Å². The minimum absolute atomic E-state index is 0.0839. The lowest BCUT2D eigenvalue weighted by Gasteiger charge is -2.27. The van der Waals surface area contributed by atoms with E-state index >= 15 is 0 Å². The van der Waals surface area contributed by atoms with Crippen molar-refractivity contribution in [2.75, 3.05) is 13.1 Å². The first kappa shape index (κ1) is 22.4. The average Bonchev–Trinajstić information content (AvgIpc) is 3.18. The summed E-state index contributed by atoms with van der Waals surface area (Å²) in [5.41, 5.74) is 1.35. The highest BCUT2D eigenvalue weighted by Gasteiger charge is 2.22. The van der Waals surface area contributed by atoms with Crippen LogP contribution in [0.2, 0.25) is 0 Å². The summed E-state index contributed by atoms with van der Waals surface area (Å²) >= 11 is 1.65. The Morgan fingerprint density at radius 1 is 0.968 bits per heavy atom. The molecule has 3 aromatic rings. The predicted molar refractivity (Wildman–Crippen MR) is 122 cm³/mol. The second-order valence-corrected chi connectivity index (χ2v) is 8.60. The monoisotopic (exact) mass is 436 g/mol. The van der Waals surface area contributed by atoms with Crippen LogP contribution in [0, 0.1) is 12.7 Å². The van der Waals surface area contributed by atoms with Gasteiger partial charge in [0.05, 0.1) is 6.54 Å². The Bertz CT molecular complexity index is 1030. The molecule has 0 saturated carbocycles. The van der Waals surface area contributed by atoms with Crippen molar-refractivity contribution in [2.45, 2.75) is 20.0 Å². The quantitative estimate of drug-likeness (QED) is 0.440. The van der Waals surface area contributed by atoms with Crippen LogP contribution in [0.1, 0.15) is 25.7 Å². The summed E-state index contributed by atoms with van der Waals surface area (Å²) in [6.07, 6.45) is 1.58. The smallest absolute Gasteiger partial charge is 0.254 e. The Balaban J connectivity index is 1.79. The number of benzene rings is 2. The summed E-state index contributed by atoms with van der Waals surface area (Å²) in [7, 11) is 0. The van der Waals surface area contributed by atoms with Crippen molar-refractivity contribution in [3.05, 3.63) is 106 Å². The Kier molecular flexibility index (Phi) is 7.73. The van der Waals surface area contributed by atoms with E-state index in [-0.39, 0.29) is 24.9 Å². The molecule has 0 aliphatic carbocycles. The van der Waals surface area contributed by atoms with E-state index in [1.807, 2.05) is 49.4 Å². The third kappa shape index (κ3) is 6.36. The second-order valence-electron chi connectivity index (χ2n) is 7.23. The van der Waals surface area contributed by atoms with Crippen molar-refractivity contribution < 1.29 is 14.0 Å². The summed E-state index contributed by atoms with van der Waals surface area (Å²) in [5, 5.41) is 0. The number of carbonyl (C=O) groups excluding carboxylic acids is 2. The van der Waals surface area contributed by atoms with Crippen molar-refractivity contribution in [2.24, 2.45) is 0 Å². The van der Waals surface area contributed by atoms with E-state index in [1.54, 1.807) is 22.3 Å². The SMILES string of the molecule is C=CCN(CC(=O)N(Cc1ccccc1)Cc1ccc(C)s1)C(=O)c1ccc(F)cc1. The third-order valence-electron chi connectivity index (χ3n) is 4.77. The first-order valence-corrected chi connectivity index (χ1v) is 10.8. The zero-order valence-electron chi connectivity index (χ0n) is 17.5. The molecule has 0 bridgehead atoms. The number of carbonyl (C=O) groups is 2. The van der Waals surface area contributed by atoms with Crippen LogP contribution in [0.4, 0.5) is 4.39 Å². The molecule has 0 saturated heterocycles. The van der Waals surface area contributed by atoms with Gasteiger partial charge >= 0.3 is 0 Å². The van der Waals surface area contributed by atoms with Gasteiger partial charge in [-0.1, -0.05) is 36.4 Å². The summed E-state index contributed by atoms with van der Waals surface area (Å²) in [4.78, 5) is 31.6. The minimum Gasteiger partial charge on any atom is -0.332 e. The zero-order valence-corrected chi connectivity index (χ0v) is 18.3. The van der Waals surface area contributed by atoms with Gasteiger partial charge in [0.15, 0.2) is 0 Å². The molecule has 0 aliphatic rings. The summed E-state index contributed by atoms with van der Waals surface area (Å²) < 4.78 is 13.2. The molecule has 2 aromatic carbocycles. The fraction of sp³-hybridized carbons (Fsp3) is 0.200. The second kappa shape index (κ2) is 10.7. The fourth-order valence-corrected chi connectivity index (χ4v) is 4.11. The highest BCUT2D eigenvalue weighted by molar-refractivity contribution is 7.11. The van der Waals surface area contributed by atoms with Gasteiger partial charge in [-0.2, -0.15) is 0 Å². The number of nitrogens with zero attached hydrogens (tertiary/aromatic N) is 2. The van der Waals surface area contributed by atoms with Gasteiger partial charge in [-0.15, -0.1) is 17.9 Å². The molecule has 0 unspecified atom stereocenters. The van der Waals surface area contributed by atoms with Crippen molar-refractivity contribution >= 4 is 23.2 Å². The molecule has 3 rings (SSSR count). The van der Waals surface area contributed by atoms with E-state index in [0.717, 1.165) is 10.4 Å². The predicted octanol–water partition coefficient (Wildman–Crippen LogP) is 5.05. The number of amides is 2. The summed E-state index contributed by atoms with van der Waals surface area (Å²) in [6.45, 7) is 6.79. The minimum atomic E-state index is -0.414. The largest absolute Gasteiger partial charge is 0.332 e. The molecule has 160 valence electrons. The van der Waals surface area contributed by atoms with Gasteiger partial charge in [-0.25, -0.2) is 4.39 Å². The van der Waals surface area contributed by atoms with Crippen LogP contribution in [0.15, 0.2) is 79.4 Å². The number of rotatable bonds is 9. The first-order valence-electron chi connectivity index (χ1n) is 9.99. The van der Waals surface area contributed by atoms with Crippen molar-refractivity contribution in [1.82, 2.24) is 9.80 Å². The maximum absolute atomic E-state index is 13.3. The molecule has 0 aliphatic heterocycles. The number of hydrogen-bond acceptors (Lipinski definition) is 3. The molecule has 0 radical (unpaired) electrons. The Morgan fingerprint density at radius 3 is 2.29 bits per heavy atom. The highest BCUT2D eigenvalue weighted by Crippen LogP contribution is 2.19. The van der Waals surface area contributed by atoms with Crippen LogP contribution in [0.25, 0.3) is 0 Å². The molecule has 31 heavy (non-hydrogen) atoms. The van der Waals surface area contributed by atoms with Crippen molar-refractivity contribution in [3.63, 3.8) is 0 Å². The van der Waals surface area contributed by atoms with E-state index in [9.17, 15) is 14.0 Å². The van der Waals surface area contributed by atoms with Crippen LogP contribution in [-0.4, -0.2) is 34.7 Å². The molecule has 4 nitrogen and oxygen atoms in total. The van der Waals surface area contributed by atoms with Crippen LogP contribution in [0.5, 0.6) is 0 Å². The molecule has 2 amide bonds. The van der Waals surface area contributed by atoms with Gasteiger partial charge in [-0.3, -0.25) is 9.59 Å². The number of thiophene rings is 1. The van der Waals surface area contributed by atoms with Crippen LogP contribution in [-0.2, 0) is 17.9 Å². The summed E-state index contributed by atoms with van der Waals surface area (Å²) in [5.74, 6) is -0.907. The van der Waals surface area contributed by atoms with Gasteiger partial charge < -0.3 is 9.80 Å². The maximum Gasteiger partial charge on any atom is 0.254 e. The fourth-order valence-electron chi connectivity index (χ4n) is 3.21. The first-order chi connectivity index (χ1) is 15.0. The summed E-state index contributed by atoms with van der Waals surface area (Å²) in [6, 6.07) is 19.2. The molecule has 0 atom stereocenters. The van der Waals surface area contributed by atoms with Gasteiger partial charge in [0.25, 0.3) is 5.91 Å².